The summed E-state index contributed by atoms with van der Waals surface area (Å²) in [6.07, 6.45) is -0.614. The number of hydrogen-bond donors (Lipinski definition) is 2. The molecule has 0 saturated carbocycles. The van der Waals surface area contributed by atoms with Crippen LogP contribution in [0.4, 0.5) is 24.7 Å². The molecule has 2 bridgehead atoms. The third-order valence-electron chi connectivity index (χ3n) is 5.56. The van der Waals surface area contributed by atoms with E-state index in [0.29, 0.717) is 31.5 Å². The van der Waals surface area contributed by atoms with Gasteiger partial charge in [-0.15, -0.1) is 0 Å². The van der Waals surface area contributed by atoms with Crippen LogP contribution in [0.5, 0.6) is 0 Å². The minimum absolute atomic E-state index is 0.0697. The largest absolute Gasteiger partial charge is 0.437 e. The number of amides is 1. The van der Waals surface area contributed by atoms with Gasteiger partial charge in [-0.2, -0.15) is 23.4 Å². The summed E-state index contributed by atoms with van der Waals surface area (Å²) >= 11 is 0. The second kappa shape index (κ2) is 7.74. The number of fused-ring (bicyclic) bond motifs is 4. The van der Waals surface area contributed by atoms with Crippen molar-refractivity contribution in [1.29, 1.82) is 0 Å². The molecule has 13 heteroatoms. The number of carbonyl (C=O) groups is 1. The molecule has 2 fully saturated rings. The fourth-order valence-corrected chi connectivity index (χ4v) is 4.08. The highest BCUT2D eigenvalue weighted by Gasteiger charge is 2.38. The Bertz CT molecular complexity index is 1140. The van der Waals surface area contributed by atoms with Crippen molar-refractivity contribution in [1.82, 2.24) is 29.7 Å². The second-order valence-corrected chi connectivity index (χ2v) is 8.04. The molecular weight excluding hydrogens is 429 g/mol. The molecule has 10 nitrogen and oxygen atoms in total. The molecule has 2 aliphatic heterocycles. The van der Waals surface area contributed by atoms with Gasteiger partial charge in [-0.25, -0.2) is 9.50 Å². The van der Waals surface area contributed by atoms with Gasteiger partial charge in [-0.1, -0.05) is 0 Å². The molecule has 3 aromatic heterocycles. The van der Waals surface area contributed by atoms with Gasteiger partial charge in [0.15, 0.2) is 11.3 Å². The summed E-state index contributed by atoms with van der Waals surface area (Å²) in [5.41, 5.74) is -1.26. The number of carbonyl (C=O) groups excluding carboxylic acids is 1. The molecule has 32 heavy (non-hydrogen) atoms. The van der Waals surface area contributed by atoms with Crippen molar-refractivity contribution in [2.45, 2.75) is 12.2 Å². The van der Waals surface area contributed by atoms with Crippen molar-refractivity contribution in [2.24, 2.45) is 13.0 Å². The minimum Gasteiger partial charge on any atom is -0.379 e. The molecule has 0 aliphatic carbocycles. The highest BCUT2D eigenvalue weighted by molar-refractivity contribution is 6.08. The Morgan fingerprint density at radius 2 is 2.16 bits per heavy atom. The monoisotopic (exact) mass is 450 g/mol. The lowest BCUT2D eigenvalue weighted by molar-refractivity contribution is -0.140. The van der Waals surface area contributed by atoms with Crippen molar-refractivity contribution < 1.29 is 22.7 Å². The fraction of sp³-hybridized carbons (Fsp3) is 0.474. The van der Waals surface area contributed by atoms with E-state index in [0.717, 1.165) is 24.0 Å². The normalized spacial score (nSPS) is 21.6. The highest BCUT2D eigenvalue weighted by atomic mass is 19.4. The van der Waals surface area contributed by atoms with E-state index in [9.17, 15) is 18.0 Å². The Labute approximate surface area is 180 Å². The molecule has 2 aliphatic rings. The summed E-state index contributed by atoms with van der Waals surface area (Å²) < 4.78 is 47.8. The van der Waals surface area contributed by atoms with Crippen LogP contribution in [0.15, 0.2) is 24.7 Å². The number of hydrogen-bond acceptors (Lipinski definition) is 7. The van der Waals surface area contributed by atoms with Crippen LogP contribution in [-0.2, 0) is 18.0 Å². The topological polar surface area (TPSA) is 102 Å². The average molecular weight is 450 g/mol. The van der Waals surface area contributed by atoms with Crippen LogP contribution in [-0.4, -0.2) is 69.2 Å². The Balaban J connectivity index is 1.44. The SMILES string of the molecule is Cn1cc(NC(=O)c2cnn3ccc(N4CC5CNC(COC5)C4)nc23)c(C(F)(F)F)n1. The fourth-order valence-electron chi connectivity index (χ4n) is 4.08. The molecular formula is C19H21F3N8O2. The standard InChI is InChI=1S/C19H21F3N8O2/c1-28-8-14(16(27-28)19(20,21)22)25-18(31)13-5-24-30-3-2-15(26-17(13)30)29-6-11-4-23-12(7-29)10-32-9-11/h2-3,5,8,11-12,23H,4,6-7,9-10H2,1H3,(H,25,31). The van der Waals surface area contributed by atoms with Crippen LogP contribution in [0.25, 0.3) is 5.65 Å². The molecule has 0 aromatic carbocycles. The van der Waals surface area contributed by atoms with E-state index in [4.69, 9.17) is 4.74 Å². The first kappa shape index (κ1) is 20.7. The number of nitrogens with zero attached hydrogens (tertiary/aromatic N) is 6. The predicted molar refractivity (Wildman–Crippen MR) is 107 cm³/mol. The first-order valence-electron chi connectivity index (χ1n) is 10.1. The van der Waals surface area contributed by atoms with Crippen LogP contribution in [0.1, 0.15) is 16.1 Å². The van der Waals surface area contributed by atoms with Crippen LogP contribution in [0.2, 0.25) is 0 Å². The number of aromatic nitrogens is 5. The molecule has 2 N–H and O–H groups in total. The molecule has 2 unspecified atom stereocenters. The van der Waals surface area contributed by atoms with Crippen molar-refractivity contribution in [3.05, 3.63) is 35.9 Å². The van der Waals surface area contributed by atoms with Gasteiger partial charge in [0.25, 0.3) is 5.91 Å². The third kappa shape index (κ3) is 3.88. The molecule has 5 heterocycles. The van der Waals surface area contributed by atoms with Gasteiger partial charge < -0.3 is 20.3 Å². The number of alkyl halides is 3. The Kier molecular flexibility index (Phi) is 5.01. The first-order chi connectivity index (χ1) is 15.3. The lowest BCUT2D eigenvalue weighted by Crippen LogP contribution is -2.42. The van der Waals surface area contributed by atoms with E-state index in [-0.39, 0.29) is 17.3 Å². The summed E-state index contributed by atoms with van der Waals surface area (Å²) in [7, 11) is 1.35. The van der Waals surface area contributed by atoms with Gasteiger partial charge in [-0.05, 0) is 6.07 Å². The maximum Gasteiger partial charge on any atom is 0.437 e. The van der Waals surface area contributed by atoms with Gasteiger partial charge in [0.2, 0.25) is 0 Å². The van der Waals surface area contributed by atoms with E-state index in [2.05, 4.69) is 30.7 Å². The molecule has 0 radical (unpaired) electrons. The van der Waals surface area contributed by atoms with Crippen LogP contribution >= 0.6 is 0 Å². The lowest BCUT2D eigenvalue weighted by atomic mass is 10.1. The van der Waals surface area contributed by atoms with Gasteiger partial charge >= 0.3 is 6.18 Å². The zero-order valence-corrected chi connectivity index (χ0v) is 17.1. The molecule has 2 atom stereocenters. The number of ether oxygens (including phenoxy) is 1. The van der Waals surface area contributed by atoms with Gasteiger partial charge in [0.05, 0.1) is 25.1 Å². The lowest BCUT2D eigenvalue weighted by Gasteiger charge is -2.29. The summed E-state index contributed by atoms with van der Waals surface area (Å²) in [6.45, 7) is 3.57. The molecule has 3 aromatic rings. The Morgan fingerprint density at radius 3 is 2.97 bits per heavy atom. The van der Waals surface area contributed by atoms with Crippen molar-refractivity contribution >= 4 is 23.1 Å². The molecule has 5 rings (SSSR count). The molecule has 170 valence electrons. The quantitative estimate of drug-likeness (QED) is 0.618. The second-order valence-electron chi connectivity index (χ2n) is 8.04. The van der Waals surface area contributed by atoms with Crippen molar-refractivity contribution in [3.63, 3.8) is 0 Å². The van der Waals surface area contributed by atoms with Gasteiger partial charge in [-0.3, -0.25) is 9.48 Å². The maximum absolute atomic E-state index is 13.2. The van der Waals surface area contributed by atoms with Gasteiger partial charge in [0.1, 0.15) is 11.4 Å². The zero-order valence-electron chi connectivity index (χ0n) is 17.1. The smallest absolute Gasteiger partial charge is 0.379 e. The minimum atomic E-state index is -4.70. The maximum atomic E-state index is 13.2. The summed E-state index contributed by atoms with van der Waals surface area (Å²) in [4.78, 5) is 19.6. The van der Waals surface area contributed by atoms with Crippen LogP contribution < -0.4 is 15.5 Å². The number of aryl methyl sites for hydroxylation is 1. The Morgan fingerprint density at radius 1 is 1.31 bits per heavy atom. The number of rotatable bonds is 3. The molecule has 0 spiro atoms. The number of nitrogens with one attached hydrogen (secondary N) is 2. The van der Waals surface area contributed by atoms with E-state index in [1.54, 1.807) is 6.20 Å². The van der Waals surface area contributed by atoms with Crippen LogP contribution in [0.3, 0.4) is 0 Å². The van der Waals surface area contributed by atoms with Crippen molar-refractivity contribution in [3.8, 4) is 0 Å². The summed E-state index contributed by atoms with van der Waals surface area (Å²) in [6, 6.07) is 1.98. The van der Waals surface area contributed by atoms with Gasteiger partial charge in [0, 0.05) is 51.0 Å². The zero-order chi connectivity index (χ0) is 22.5. The van der Waals surface area contributed by atoms with E-state index >= 15 is 0 Å². The average Bonchev–Trinajstić information content (AvgIpc) is 3.15. The van der Waals surface area contributed by atoms with E-state index < -0.39 is 23.5 Å². The highest BCUT2D eigenvalue weighted by Crippen LogP contribution is 2.33. The van der Waals surface area contributed by atoms with Crippen molar-refractivity contribution in [2.75, 3.05) is 43.1 Å². The Hall–Kier alpha value is -3.19. The number of halogens is 3. The summed E-state index contributed by atoms with van der Waals surface area (Å²) in [5, 5.41) is 13.3. The molecule has 2 saturated heterocycles. The van der Waals surface area contributed by atoms with E-state index in [1.807, 2.05) is 6.07 Å². The van der Waals surface area contributed by atoms with E-state index in [1.165, 1.54) is 17.8 Å². The third-order valence-corrected chi connectivity index (χ3v) is 5.56. The first-order valence-corrected chi connectivity index (χ1v) is 10.1. The summed E-state index contributed by atoms with van der Waals surface area (Å²) in [5.74, 6) is 0.232. The van der Waals surface area contributed by atoms with Crippen LogP contribution in [0, 0.1) is 5.92 Å². The number of anilines is 2. The molecule has 1 amide bonds. The predicted octanol–water partition coefficient (Wildman–Crippen LogP) is 1.16.